The summed E-state index contributed by atoms with van der Waals surface area (Å²) in [6.45, 7) is -0.553. The second kappa shape index (κ2) is 7.58. The first-order chi connectivity index (χ1) is 13.4. The molecule has 2 N–H and O–H groups in total. The Labute approximate surface area is 156 Å². The number of aromatic amines is 1. The Hall–Kier alpha value is -4.20. The molecule has 0 fully saturated rings. The van der Waals surface area contributed by atoms with E-state index in [1.165, 1.54) is 17.9 Å². The average Bonchev–Trinajstić information content (AvgIpc) is 3.09. The summed E-state index contributed by atoms with van der Waals surface area (Å²) in [5, 5.41) is 15.7. The van der Waals surface area contributed by atoms with E-state index in [2.05, 4.69) is 10.4 Å². The number of hydrogen-bond acceptors (Lipinski definition) is 6. The maximum atomic E-state index is 13.3. The van der Waals surface area contributed by atoms with Gasteiger partial charge in [-0.25, -0.2) is 9.48 Å². The summed E-state index contributed by atoms with van der Waals surface area (Å²) in [6.07, 6.45) is 0.641. The molecular weight excluding hydrogens is 371 g/mol. The number of halogens is 1. The van der Waals surface area contributed by atoms with Gasteiger partial charge in [0.2, 0.25) is 11.7 Å². The highest BCUT2D eigenvalue weighted by Gasteiger charge is 2.14. The van der Waals surface area contributed by atoms with Crippen LogP contribution in [-0.4, -0.2) is 32.3 Å². The summed E-state index contributed by atoms with van der Waals surface area (Å²) in [4.78, 5) is 36.8. The Bertz CT molecular complexity index is 1190. The zero-order valence-electron chi connectivity index (χ0n) is 14.5. The van der Waals surface area contributed by atoms with Crippen LogP contribution in [0.25, 0.3) is 5.69 Å². The van der Waals surface area contributed by atoms with Crippen LogP contribution in [0.4, 0.5) is 10.2 Å². The van der Waals surface area contributed by atoms with Crippen molar-refractivity contribution in [2.45, 2.75) is 6.54 Å². The number of H-pyrrole nitrogens is 1. The topological polar surface area (TPSA) is 135 Å². The molecule has 3 aromatic rings. The standard InChI is InChI=1S/C17H13FN6O4/c1-28-12-4-2-11(3-5-12)24-14(6-10(7-19)22-24)20-15(25)9-23-8-13(18)16(26)21-17(23)27/h2-6,8H,9H2,1H3,(H,20,25)(H,21,26,27). The molecule has 1 amide bonds. The first-order valence-electron chi connectivity index (χ1n) is 7.85. The van der Waals surface area contributed by atoms with Crippen molar-refractivity contribution < 1.29 is 13.9 Å². The average molecular weight is 384 g/mol. The number of ether oxygens (including phenoxy) is 1. The fourth-order valence-corrected chi connectivity index (χ4v) is 2.38. The van der Waals surface area contributed by atoms with Crippen molar-refractivity contribution in [3.8, 4) is 17.5 Å². The van der Waals surface area contributed by atoms with Gasteiger partial charge in [-0.1, -0.05) is 0 Å². The van der Waals surface area contributed by atoms with Gasteiger partial charge >= 0.3 is 5.69 Å². The van der Waals surface area contributed by atoms with Crippen molar-refractivity contribution in [1.29, 1.82) is 5.26 Å². The number of amides is 1. The second-order valence-electron chi connectivity index (χ2n) is 5.55. The van der Waals surface area contributed by atoms with E-state index in [1.54, 1.807) is 29.2 Å². The third-order valence-corrected chi connectivity index (χ3v) is 3.69. The minimum atomic E-state index is -1.19. The number of nitrogens with one attached hydrogen (secondary N) is 2. The van der Waals surface area contributed by atoms with E-state index in [4.69, 9.17) is 10.00 Å². The van der Waals surface area contributed by atoms with E-state index >= 15 is 0 Å². The molecule has 3 rings (SSSR count). The van der Waals surface area contributed by atoms with E-state index in [0.717, 1.165) is 0 Å². The third-order valence-electron chi connectivity index (χ3n) is 3.69. The van der Waals surface area contributed by atoms with Gasteiger partial charge in [0.15, 0.2) is 5.69 Å². The van der Waals surface area contributed by atoms with Gasteiger partial charge in [-0.15, -0.1) is 0 Å². The fraction of sp³-hybridized carbons (Fsp3) is 0.118. The van der Waals surface area contributed by atoms with Crippen molar-refractivity contribution in [1.82, 2.24) is 19.3 Å². The molecule has 2 aromatic heterocycles. The molecular formula is C17H13FN6O4. The van der Waals surface area contributed by atoms with E-state index < -0.39 is 29.5 Å². The van der Waals surface area contributed by atoms with Gasteiger partial charge in [-0.2, -0.15) is 14.8 Å². The Kier molecular flexibility index (Phi) is 5.03. The number of nitrogens with zero attached hydrogens (tertiary/aromatic N) is 4. The normalized spacial score (nSPS) is 10.3. The molecule has 0 unspecified atom stereocenters. The molecule has 0 bridgehead atoms. The molecule has 0 spiro atoms. The number of anilines is 1. The van der Waals surface area contributed by atoms with Crippen LogP contribution in [0.5, 0.6) is 5.75 Å². The van der Waals surface area contributed by atoms with Crippen molar-refractivity contribution in [3.63, 3.8) is 0 Å². The third kappa shape index (κ3) is 3.80. The number of aromatic nitrogens is 4. The highest BCUT2D eigenvalue weighted by Crippen LogP contribution is 2.20. The lowest BCUT2D eigenvalue weighted by Crippen LogP contribution is -2.34. The lowest BCUT2D eigenvalue weighted by atomic mass is 10.3. The number of benzene rings is 1. The van der Waals surface area contributed by atoms with Crippen LogP contribution in [0.3, 0.4) is 0 Å². The fourth-order valence-electron chi connectivity index (χ4n) is 2.38. The zero-order valence-corrected chi connectivity index (χ0v) is 14.5. The van der Waals surface area contributed by atoms with Crippen molar-refractivity contribution in [2.75, 3.05) is 12.4 Å². The second-order valence-corrected chi connectivity index (χ2v) is 5.55. The maximum absolute atomic E-state index is 13.3. The Morgan fingerprint density at radius 1 is 1.36 bits per heavy atom. The summed E-state index contributed by atoms with van der Waals surface area (Å²) >= 11 is 0. The molecule has 28 heavy (non-hydrogen) atoms. The van der Waals surface area contributed by atoms with Gasteiger partial charge < -0.3 is 10.1 Å². The van der Waals surface area contributed by atoms with Crippen molar-refractivity contribution >= 4 is 11.7 Å². The van der Waals surface area contributed by atoms with Crippen LogP contribution < -0.4 is 21.3 Å². The van der Waals surface area contributed by atoms with Crippen LogP contribution >= 0.6 is 0 Å². The lowest BCUT2D eigenvalue weighted by Gasteiger charge is -2.10. The summed E-state index contributed by atoms with van der Waals surface area (Å²) in [5.41, 5.74) is -1.50. The van der Waals surface area contributed by atoms with Gasteiger partial charge in [0.1, 0.15) is 24.2 Å². The van der Waals surface area contributed by atoms with E-state index in [-0.39, 0.29) is 11.5 Å². The predicted molar refractivity (Wildman–Crippen MR) is 94.7 cm³/mol. The van der Waals surface area contributed by atoms with E-state index in [1.807, 2.05) is 6.07 Å². The molecule has 0 radical (unpaired) electrons. The van der Waals surface area contributed by atoms with Crippen LogP contribution in [0.1, 0.15) is 5.69 Å². The Balaban J connectivity index is 1.87. The minimum absolute atomic E-state index is 0.0540. The highest BCUT2D eigenvalue weighted by atomic mass is 19.1. The molecule has 10 nitrogen and oxygen atoms in total. The smallest absolute Gasteiger partial charge is 0.328 e. The largest absolute Gasteiger partial charge is 0.497 e. The molecule has 0 saturated carbocycles. The monoisotopic (exact) mass is 384 g/mol. The predicted octanol–water partition coefficient (Wildman–Crippen LogP) is 0.380. The molecule has 1 aromatic carbocycles. The summed E-state index contributed by atoms with van der Waals surface area (Å²) in [7, 11) is 1.52. The minimum Gasteiger partial charge on any atom is -0.497 e. The van der Waals surface area contributed by atoms with Gasteiger partial charge in [-0.3, -0.25) is 19.1 Å². The lowest BCUT2D eigenvalue weighted by molar-refractivity contribution is -0.116. The summed E-state index contributed by atoms with van der Waals surface area (Å²) in [5.74, 6) is -1.10. The van der Waals surface area contributed by atoms with Crippen LogP contribution in [-0.2, 0) is 11.3 Å². The summed E-state index contributed by atoms with van der Waals surface area (Å²) in [6, 6.07) is 9.92. The number of methoxy groups -OCH3 is 1. The molecule has 0 saturated heterocycles. The molecule has 0 atom stereocenters. The van der Waals surface area contributed by atoms with Crippen LogP contribution in [0.15, 0.2) is 46.1 Å². The first kappa shape index (κ1) is 18.6. The molecule has 11 heteroatoms. The number of hydrogen-bond donors (Lipinski definition) is 2. The van der Waals surface area contributed by atoms with E-state index in [0.29, 0.717) is 22.2 Å². The number of carbonyl (C=O) groups is 1. The van der Waals surface area contributed by atoms with Crippen molar-refractivity contribution in [3.05, 3.63) is 68.9 Å². The molecule has 0 aliphatic heterocycles. The zero-order chi connectivity index (χ0) is 20.3. The van der Waals surface area contributed by atoms with Crippen LogP contribution in [0.2, 0.25) is 0 Å². The van der Waals surface area contributed by atoms with Gasteiger partial charge in [-0.05, 0) is 24.3 Å². The highest BCUT2D eigenvalue weighted by molar-refractivity contribution is 5.90. The molecule has 2 heterocycles. The van der Waals surface area contributed by atoms with Gasteiger partial charge in [0.05, 0.1) is 19.0 Å². The Morgan fingerprint density at radius 2 is 2.07 bits per heavy atom. The molecule has 0 aliphatic rings. The van der Waals surface area contributed by atoms with Gasteiger partial charge in [0.25, 0.3) is 5.56 Å². The molecule has 142 valence electrons. The maximum Gasteiger partial charge on any atom is 0.328 e. The quantitative estimate of drug-likeness (QED) is 0.653. The first-order valence-corrected chi connectivity index (χ1v) is 7.85. The molecule has 0 aliphatic carbocycles. The number of rotatable bonds is 5. The van der Waals surface area contributed by atoms with Gasteiger partial charge in [0, 0.05) is 6.07 Å². The van der Waals surface area contributed by atoms with Crippen molar-refractivity contribution in [2.24, 2.45) is 0 Å². The van der Waals surface area contributed by atoms with Crippen LogP contribution in [0, 0.1) is 17.1 Å². The SMILES string of the molecule is COc1ccc(-n2nc(C#N)cc2NC(=O)Cn2cc(F)c(=O)[nH]c2=O)cc1. The van der Waals surface area contributed by atoms with E-state index in [9.17, 15) is 18.8 Å². The number of nitriles is 1. The number of carbonyl (C=O) groups excluding carboxylic acids is 1. The summed E-state index contributed by atoms with van der Waals surface area (Å²) < 4.78 is 20.5. The Morgan fingerprint density at radius 3 is 2.71 bits per heavy atom.